The number of nitrogens with one attached hydrogen (secondary N) is 1. The smallest absolute Gasteiger partial charge is 0.329 e. The highest BCUT2D eigenvalue weighted by Crippen LogP contribution is 2.31. The molecular formula is C19H26N2O4. The number of anilines is 1. The lowest BCUT2D eigenvalue weighted by molar-refractivity contribution is -0.157. The van der Waals surface area contributed by atoms with Crippen molar-refractivity contribution in [3.05, 3.63) is 29.8 Å². The van der Waals surface area contributed by atoms with Crippen molar-refractivity contribution in [2.75, 3.05) is 31.2 Å². The number of nitrogens with zero attached hydrogens (tertiary/aromatic N) is 1. The lowest BCUT2D eigenvalue weighted by atomic mass is 9.91. The van der Waals surface area contributed by atoms with Gasteiger partial charge in [0.05, 0.1) is 13.2 Å². The highest BCUT2D eigenvalue weighted by molar-refractivity contribution is 5.90. The maximum absolute atomic E-state index is 12.4. The fraction of sp³-hybridized carbons (Fsp3) is 0.579. The number of ether oxygens (including phenoxy) is 2. The van der Waals surface area contributed by atoms with Crippen LogP contribution in [0.5, 0.6) is 0 Å². The minimum atomic E-state index is -0.624. The van der Waals surface area contributed by atoms with Crippen molar-refractivity contribution < 1.29 is 19.1 Å². The predicted octanol–water partition coefficient (Wildman–Crippen LogP) is 1.84. The first-order valence-electron chi connectivity index (χ1n) is 8.78. The molecule has 1 aromatic rings. The molecule has 1 N–H and O–H groups in total. The van der Waals surface area contributed by atoms with E-state index in [-0.39, 0.29) is 17.8 Å². The number of carbonyl (C=O) groups excluding carboxylic acids is 2. The van der Waals surface area contributed by atoms with E-state index in [9.17, 15) is 9.59 Å². The Morgan fingerprint density at radius 1 is 1.20 bits per heavy atom. The molecule has 6 heteroatoms. The third kappa shape index (κ3) is 4.31. The van der Waals surface area contributed by atoms with E-state index in [0.717, 1.165) is 37.6 Å². The molecule has 25 heavy (non-hydrogen) atoms. The Bertz CT molecular complexity index is 630. The Morgan fingerprint density at radius 3 is 2.44 bits per heavy atom. The molecule has 0 aliphatic carbocycles. The molecule has 0 bridgehead atoms. The van der Waals surface area contributed by atoms with Gasteiger partial charge in [0.2, 0.25) is 5.91 Å². The number of hydrogen-bond donors (Lipinski definition) is 1. The fourth-order valence-electron chi connectivity index (χ4n) is 3.30. The van der Waals surface area contributed by atoms with Gasteiger partial charge in [-0.2, -0.15) is 0 Å². The Hall–Kier alpha value is -2.08. The first-order valence-corrected chi connectivity index (χ1v) is 8.78. The zero-order valence-electron chi connectivity index (χ0n) is 15.1. The second kappa shape index (κ2) is 7.04. The molecule has 2 heterocycles. The molecule has 136 valence electrons. The van der Waals surface area contributed by atoms with E-state index in [0.29, 0.717) is 6.42 Å². The molecular weight excluding hydrogens is 320 g/mol. The van der Waals surface area contributed by atoms with Gasteiger partial charge in [-0.3, -0.25) is 4.79 Å². The summed E-state index contributed by atoms with van der Waals surface area (Å²) in [4.78, 5) is 26.6. The average Bonchev–Trinajstić information content (AvgIpc) is 2.96. The van der Waals surface area contributed by atoms with Gasteiger partial charge >= 0.3 is 5.97 Å². The summed E-state index contributed by atoms with van der Waals surface area (Å²) in [7, 11) is 0. The van der Waals surface area contributed by atoms with Gasteiger partial charge in [-0.05, 0) is 38.5 Å². The van der Waals surface area contributed by atoms with Crippen molar-refractivity contribution in [2.24, 2.45) is 0 Å². The van der Waals surface area contributed by atoms with E-state index in [1.54, 1.807) is 0 Å². The number of hydrogen-bond acceptors (Lipinski definition) is 5. The van der Waals surface area contributed by atoms with Crippen molar-refractivity contribution >= 4 is 17.6 Å². The molecule has 1 aromatic carbocycles. The second-order valence-electron chi connectivity index (χ2n) is 7.58. The monoisotopic (exact) mass is 346 g/mol. The standard InChI is InChI=1S/C19H26N2O4/c1-19(2,3)25-18(23)17-15(12-16(22)20-17)13-4-6-14(7-5-13)21-8-10-24-11-9-21/h4-7,15,17H,8-12H2,1-3H3,(H,20,22)/t15-,17?/m0/s1. The van der Waals surface area contributed by atoms with E-state index in [4.69, 9.17) is 9.47 Å². The third-order valence-corrected chi connectivity index (χ3v) is 4.48. The van der Waals surface area contributed by atoms with Crippen LogP contribution < -0.4 is 10.2 Å². The maximum Gasteiger partial charge on any atom is 0.329 e. The van der Waals surface area contributed by atoms with Crippen molar-refractivity contribution in [3.8, 4) is 0 Å². The summed E-state index contributed by atoms with van der Waals surface area (Å²) in [5.41, 5.74) is 1.54. The lowest BCUT2D eigenvalue weighted by Crippen LogP contribution is -2.41. The molecule has 1 unspecified atom stereocenters. The SMILES string of the molecule is CC(C)(C)OC(=O)C1NC(=O)C[C@H]1c1ccc(N2CCOCC2)cc1. The Kier molecular flexibility index (Phi) is 4.99. The number of esters is 1. The van der Waals surface area contributed by atoms with Crippen LogP contribution in [0.4, 0.5) is 5.69 Å². The van der Waals surface area contributed by atoms with Crippen LogP contribution in [-0.4, -0.2) is 49.8 Å². The number of benzene rings is 1. The van der Waals surface area contributed by atoms with Crippen molar-refractivity contribution in [2.45, 2.75) is 44.8 Å². The fourth-order valence-corrected chi connectivity index (χ4v) is 3.30. The average molecular weight is 346 g/mol. The molecule has 2 saturated heterocycles. The van der Waals surface area contributed by atoms with Crippen LogP contribution in [0, 0.1) is 0 Å². The molecule has 0 saturated carbocycles. The van der Waals surface area contributed by atoms with Crippen LogP contribution in [0.25, 0.3) is 0 Å². The Balaban J connectivity index is 1.74. The molecule has 0 spiro atoms. The molecule has 1 amide bonds. The zero-order chi connectivity index (χ0) is 18.0. The van der Waals surface area contributed by atoms with E-state index in [2.05, 4.69) is 22.3 Å². The lowest BCUT2D eigenvalue weighted by Gasteiger charge is -2.29. The summed E-state index contributed by atoms with van der Waals surface area (Å²) in [6.07, 6.45) is 0.306. The van der Waals surface area contributed by atoms with Crippen LogP contribution >= 0.6 is 0 Å². The summed E-state index contributed by atoms with van der Waals surface area (Å²) in [5.74, 6) is -0.681. The number of carbonyl (C=O) groups is 2. The Morgan fingerprint density at radius 2 is 1.84 bits per heavy atom. The van der Waals surface area contributed by atoms with Gasteiger partial charge in [0, 0.05) is 31.1 Å². The van der Waals surface area contributed by atoms with Crippen LogP contribution in [0.1, 0.15) is 38.7 Å². The normalized spacial score (nSPS) is 24.1. The van der Waals surface area contributed by atoms with Crippen LogP contribution in [-0.2, 0) is 19.1 Å². The molecule has 0 aromatic heterocycles. The molecule has 2 aliphatic heterocycles. The quantitative estimate of drug-likeness (QED) is 0.846. The highest BCUT2D eigenvalue weighted by atomic mass is 16.6. The van der Waals surface area contributed by atoms with Gasteiger partial charge in [0.1, 0.15) is 11.6 Å². The van der Waals surface area contributed by atoms with Crippen molar-refractivity contribution in [1.82, 2.24) is 5.32 Å². The minimum Gasteiger partial charge on any atom is -0.458 e. The predicted molar refractivity (Wildman–Crippen MR) is 94.6 cm³/mol. The highest BCUT2D eigenvalue weighted by Gasteiger charge is 2.40. The van der Waals surface area contributed by atoms with Gasteiger partial charge in [-0.15, -0.1) is 0 Å². The number of amides is 1. The molecule has 2 atom stereocenters. The first-order chi connectivity index (χ1) is 11.8. The van der Waals surface area contributed by atoms with Gasteiger partial charge in [0.15, 0.2) is 0 Å². The van der Waals surface area contributed by atoms with E-state index in [1.165, 1.54) is 0 Å². The molecule has 6 nitrogen and oxygen atoms in total. The summed E-state index contributed by atoms with van der Waals surface area (Å²) >= 11 is 0. The number of morpholine rings is 1. The first kappa shape index (κ1) is 17.7. The zero-order valence-corrected chi connectivity index (χ0v) is 15.1. The third-order valence-electron chi connectivity index (χ3n) is 4.48. The Labute approximate surface area is 148 Å². The van der Waals surface area contributed by atoms with Gasteiger partial charge < -0.3 is 19.7 Å². The molecule has 2 aliphatic rings. The summed E-state index contributed by atoms with van der Waals surface area (Å²) in [6.45, 7) is 8.72. The topological polar surface area (TPSA) is 67.9 Å². The summed E-state index contributed by atoms with van der Waals surface area (Å²) in [5, 5.41) is 2.76. The molecule has 2 fully saturated rings. The van der Waals surface area contributed by atoms with Gasteiger partial charge in [-0.25, -0.2) is 4.79 Å². The van der Waals surface area contributed by atoms with Crippen LogP contribution in [0.3, 0.4) is 0 Å². The largest absolute Gasteiger partial charge is 0.458 e. The van der Waals surface area contributed by atoms with Gasteiger partial charge in [-0.1, -0.05) is 12.1 Å². The summed E-state index contributed by atoms with van der Waals surface area (Å²) < 4.78 is 10.8. The van der Waals surface area contributed by atoms with Gasteiger partial charge in [0.25, 0.3) is 0 Å². The minimum absolute atomic E-state index is 0.113. The summed E-state index contributed by atoms with van der Waals surface area (Å²) in [6, 6.07) is 7.49. The van der Waals surface area contributed by atoms with Crippen molar-refractivity contribution in [3.63, 3.8) is 0 Å². The van der Waals surface area contributed by atoms with Crippen LogP contribution in [0.2, 0.25) is 0 Å². The maximum atomic E-state index is 12.4. The number of rotatable bonds is 3. The molecule has 3 rings (SSSR count). The molecule has 0 radical (unpaired) electrons. The van der Waals surface area contributed by atoms with E-state index < -0.39 is 11.6 Å². The van der Waals surface area contributed by atoms with E-state index >= 15 is 0 Å². The second-order valence-corrected chi connectivity index (χ2v) is 7.58. The van der Waals surface area contributed by atoms with E-state index in [1.807, 2.05) is 32.9 Å². The van der Waals surface area contributed by atoms with Crippen LogP contribution in [0.15, 0.2) is 24.3 Å². The van der Waals surface area contributed by atoms with Crippen molar-refractivity contribution in [1.29, 1.82) is 0 Å².